The van der Waals surface area contributed by atoms with Gasteiger partial charge in [0, 0.05) is 30.8 Å². The molecule has 0 bridgehead atoms. The molecule has 0 fully saturated rings. The maximum Gasteiger partial charge on any atom is 0.251 e. The Hall–Kier alpha value is -3.39. The molecule has 8 heteroatoms. The van der Waals surface area contributed by atoms with Crippen molar-refractivity contribution >= 4 is 28.0 Å². The summed E-state index contributed by atoms with van der Waals surface area (Å²) in [6.45, 7) is 1.57. The van der Waals surface area contributed by atoms with Gasteiger partial charge in [-0.3, -0.25) is 9.78 Å². The van der Waals surface area contributed by atoms with Crippen LogP contribution in [0, 0.1) is 0 Å². The highest BCUT2D eigenvalue weighted by Crippen LogP contribution is 2.22. The summed E-state index contributed by atoms with van der Waals surface area (Å²) < 4.78 is 7.12. The van der Waals surface area contributed by atoms with Gasteiger partial charge in [-0.2, -0.15) is 0 Å². The molecule has 0 spiro atoms. The third kappa shape index (κ3) is 3.47. The van der Waals surface area contributed by atoms with Gasteiger partial charge >= 0.3 is 0 Å². The Morgan fingerprint density at radius 2 is 2.11 bits per heavy atom. The molecule has 136 valence electrons. The molecule has 0 atom stereocenters. The Labute approximate surface area is 155 Å². The minimum absolute atomic E-state index is 0.171. The summed E-state index contributed by atoms with van der Waals surface area (Å²) in [5, 5.41) is 12.1. The molecule has 8 nitrogen and oxygen atoms in total. The number of hydrogen-bond donors (Lipinski definition) is 1. The Bertz CT molecular complexity index is 1090. The number of aromatic nitrogens is 5. The van der Waals surface area contributed by atoms with E-state index in [4.69, 9.17) is 4.74 Å². The summed E-state index contributed by atoms with van der Waals surface area (Å²) in [6, 6.07) is 11.0. The first-order chi connectivity index (χ1) is 13.3. The zero-order chi connectivity index (χ0) is 18.6. The first-order valence-electron chi connectivity index (χ1n) is 8.54. The number of nitrogens with one attached hydrogen (secondary N) is 1. The van der Waals surface area contributed by atoms with Crippen molar-refractivity contribution in [3.05, 3.63) is 60.2 Å². The number of amides is 1. The molecular formula is C19H18N6O2. The lowest BCUT2D eigenvalue weighted by atomic mass is 10.1. The number of nitrogens with zero attached hydrogens (tertiary/aromatic N) is 5. The van der Waals surface area contributed by atoms with Crippen molar-refractivity contribution in [1.29, 1.82) is 0 Å². The number of rotatable bonds is 6. The minimum Gasteiger partial charge on any atom is -0.383 e. The molecule has 0 aliphatic rings. The van der Waals surface area contributed by atoms with E-state index in [0.717, 1.165) is 16.6 Å². The van der Waals surface area contributed by atoms with E-state index in [1.54, 1.807) is 31.8 Å². The topological polar surface area (TPSA) is 94.8 Å². The molecule has 4 aromatic rings. The van der Waals surface area contributed by atoms with E-state index in [2.05, 4.69) is 25.5 Å². The van der Waals surface area contributed by atoms with Crippen LogP contribution in [0.3, 0.4) is 0 Å². The van der Waals surface area contributed by atoms with Gasteiger partial charge < -0.3 is 14.6 Å². The number of ether oxygens (including phenoxy) is 1. The summed E-state index contributed by atoms with van der Waals surface area (Å²) in [5.41, 5.74) is 3.45. The van der Waals surface area contributed by atoms with Crippen molar-refractivity contribution in [3.8, 4) is 0 Å². The Kier molecular flexibility index (Phi) is 4.71. The van der Waals surface area contributed by atoms with Gasteiger partial charge in [0.2, 0.25) is 5.65 Å². The lowest BCUT2D eigenvalue weighted by Gasteiger charge is -2.08. The standard InChI is InChI=1S/C19H18N6O2/c1-27-9-8-25-12-22-18-17(25)15-10-13(5-6-16(15)23-24-18)19(26)21-11-14-4-2-3-7-20-14/h2-7,10,12H,8-9,11H2,1H3,(H,21,26). The SMILES string of the molecule is COCCn1cnc2nnc3ccc(C(=O)NCc4ccccn4)cc3c21. The first-order valence-corrected chi connectivity index (χ1v) is 8.54. The summed E-state index contributed by atoms with van der Waals surface area (Å²) in [5.74, 6) is -0.171. The van der Waals surface area contributed by atoms with Crippen LogP contribution in [0.4, 0.5) is 0 Å². The predicted octanol–water partition coefficient (Wildman–Crippen LogP) is 1.95. The van der Waals surface area contributed by atoms with E-state index >= 15 is 0 Å². The van der Waals surface area contributed by atoms with Crippen LogP contribution in [0.15, 0.2) is 48.9 Å². The molecular weight excluding hydrogens is 344 g/mol. The number of methoxy groups -OCH3 is 1. The molecule has 3 heterocycles. The van der Waals surface area contributed by atoms with Crippen molar-refractivity contribution in [1.82, 2.24) is 30.0 Å². The van der Waals surface area contributed by atoms with Gasteiger partial charge in [0.25, 0.3) is 5.91 Å². The molecule has 1 N–H and O–H groups in total. The van der Waals surface area contributed by atoms with Crippen LogP contribution in [-0.4, -0.2) is 44.4 Å². The van der Waals surface area contributed by atoms with E-state index in [1.807, 2.05) is 28.8 Å². The number of carbonyl (C=O) groups excluding carboxylic acids is 1. The molecule has 4 rings (SSSR count). The van der Waals surface area contributed by atoms with Gasteiger partial charge in [0.05, 0.1) is 36.2 Å². The normalized spacial score (nSPS) is 11.1. The van der Waals surface area contributed by atoms with Crippen LogP contribution in [0.5, 0.6) is 0 Å². The van der Waals surface area contributed by atoms with Crippen molar-refractivity contribution in [3.63, 3.8) is 0 Å². The van der Waals surface area contributed by atoms with Gasteiger partial charge in [0.1, 0.15) is 0 Å². The van der Waals surface area contributed by atoms with Crippen LogP contribution in [-0.2, 0) is 17.8 Å². The monoisotopic (exact) mass is 362 g/mol. The van der Waals surface area contributed by atoms with Gasteiger partial charge in [-0.05, 0) is 30.3 Å². The van der Waals surface area contributed by atoms with E-state index in [1.165, 1.54) is 0 Å². The highest BCUT2D eigenvalue weighted by Gasteiger charge is 2.13. The van der Waals surface area contributed by atoms with E-state index in [0.29, 0.717) is 36.4 Å². The largest absolute Gasteiger partial charge is 0.383 e. The lowest BCUT2D eigenvalue weighted by Crippen LogP contribution is -2.23. The summed E-state index contributed by atoms with van der Waals surface area (Å²) in [4.78, 5) is 21.1. The minimum atomic E-state index is -0.171. The number of benzene rings is 1. The van der Waals surface area contributed by atoms with Crippen LogP contribution in [0.2, 0.25) is 0 Å². The summed E-state index contributed by atoms with van der Waals surface area (Å²) in [6.07, 6.45) is 3.42. The van der Waals surface area contributed by atoms with Crippen molar-refractivity contribution < 1.29 is 9.53 Å². The average Bonchev–Trinajstić information content (AvgIpc) is 3.14. The number of pyridine rings is 1. The molecule has 0 saturated carbocycles. The zero-order valence-electron chi connectivity index (χ0n) is 14.8. The van der Waals surface area contributed by atoms with E-state index < -0.39 is 0 Å². The fraction of sp³-hybridized carbons (Fsp3) is 0.211. The Balaban J connectivity index is 1.66. The summed E-state index contributed by atoms with van der Waals surface area (Å²) in [7, 11) is 1.65. The highest BCUT2D eigenvalue weighted by molar-refractivity contribution is 6.05. The van der Waals surface area contributed by atoms with Crippen molar-refractivity contribution in [2.24, 2.45) is 0 Å². The molecule has 1 aromatic carbocycles. The van der Waals surface area contributed by atoms with E-state index in [-0.39, 0.29) is 5.91 Å². The number of imidazole rings is 1. The summed E-state index contributed by atoms with van der Waals surface area (Å²) >= 11 is 0. The van der Waals surface area contributed by atoms with E-state index in [9.17, 15) is 4.79 Å². The smallest absolute Gasteiger partial charge is 0.251 e. The third-order valence-electron chi connectivity index (χ3n) is 4.28. The van der Waals surface area contributed by atoms with Gasteiger partial charge in [-0.15, -0.1) is 10.2 Å². The maximum absolute atomic E-state index is 12.6. The molecule has 0 aliphatic carbocycles. The number of fused-ring (bicyclic) bond motifs is 3. The molecule has 1 amide bonds. The van der Waals surface area contributed by atoms with Crippen molar-refractivity contribution in [2.75, 3.05) is 13.7 Å². The second kappa shape index (κ2) is 7.46. The second-order valence-electron chi connectivity index (χ2n) is 6.04. The molecule has 0 unspecified atom stereocenters. The maximum atomic E-state index is 12.6. The quantitative estimate of drug-likeness (QED) is 0.563. The predicted molar refractivity (Wildman–Crippen MR) is 100 cm³/mol. The third-order valence-corrected chi connectivity index (χ3v) is 4.28. The van der Waals surface area contributed by atoms with Crippen LogP contribution < -0.4 is 5.32 Å². The second-order valence-corrected chi connectivity index (χ2v) is 6.04. The highest BCUT2D eigenvalue weighted by atomic mass is 16.5. The van der Waals surface area contributed by atoms with Gasteiger partial charge in [0.15, 0.2) is 0 Å². The number of carbonyl (C=O) groups is 1. The first kappa shape index (κ1) is 17.0. The molecule has 27 heavy (non-hydrogen) atoms. The molecule has 0 saturated heterocycles. The molecule has 3 aromatic heterocycles. The average molecular weight is 362 g/mol. The van der Waals surface area contributed by atoms with Crippen LogP contribution in [0.25, 0.3) is 22.1 Å². The van der Waals surface area contributed by atoms with Crippen molar-refractivity contribution in [2.45, 2.75) is 13.1 Å². The Morgan fingerprint density at radius 3 is 2.93 bits per heavy atom. The fourth-order valence-electron chi connectivity index (χ4n) is 2.91. The zero-order valence-corrected chi connectivity index (χ0v) is 14.8. The van der Waals surface area contributed by atoms with Crippen LogP contribution >= 0.6 is 0 Å². The molecule has 0 aliphatic heterocycles. The van der Waals surface area contributed by atoms with Gasteiger partial charge in [-0.25, -0.2) is 4.98 Å². The van der Waals surface area contributed by atoms with Crippen LogP contribution in [0.1, 0.15) is 16.1 Å². The van der Waals surface area contributed by atoms with Gasteiger partial charge in [-0.1, -0.05) is 6.07 Å². The lowest BCUT2D eigenvalue weighted by molar-refractivity contribution is 0.0950. The Morgan fingerprint density at radius 1 is 1.19 bits per heavy atom. The number of hydrogen-bond acceptors (Lipinski definition) is 6. The molecule has 0 radical (unpaired) electrons. The fourth-order valence-corrected chi connectivity index (χ4v) is 2.91.